The van der Waals surface area contributed by atoms with Crippen molar-refractivity contribution in [2.45, 2.75) is 13.2 Å². The van der Waals surface area contributed by atoms with Crippen LogP contribution in [0.5, 0.6) is 17.2 Å². The van der Waals surface area contributed by atoms with Crippen molar-refractivity contribution in [3.05, 3.63) is 150 Å². The Hall–Kier alpha value is -5.03. The van der Waals surface area contributed by atoms with Crippen LogP contribution in [0.2, 0.25) is 0 Å². The summed E-state index contributed by atoms with van der Waals surface area (Å²) in [5.74, 6) is 1.99. The van der Waals surface area contributed by atoms with Gasteiger partial charge in [0, 0.05) is 16.9 Å². The summed E-state index contributed by atoms with van der Waals surface area (Å²) in [6.45, 7) is 0.935. The first-order valence-electron chi connectivity index (χ1n) is 12.7. The normalized spacial score (nSPS) is 10.5. The zero-order valence-electron chi connectivity index (χ0n) is 21.7. The minimum atomic E-state index is -0.160. The van der Waals surface area contributed by atoms with Crippen molar-refractivity contribution in [3.8, 4) is 17.2 Å². The van der Waals surface area contributed by atoms with E-state index in [0.717, 1.165) is 34.0 Å². The van der Waals surface area contributed by atoms with E-state index >= 15 is 0 Å². The fraction of sp³-hybridized carbons (Fsp3) is 0.0882. The second-order valence-electron chi connectivity index (χ2n) is 8.91. The van der Waals surface area contributed by atoms with Crippen molar-refractivity contribution in [1.82, 2.24) is 0 Å². The number of methoxy groups -OCH3 is 1. The summed E-state index contributed by atoms with van der Waals surface area (Å²) < 4.78 is 17.2. The van der Waals surface area contributed by atoms with E-state index < -0.39 is 0 Å². The zero-order chi connectivity index (χ0) is 26.9. The number of hydrogen-bond acceptors (Lipinski definition) is 4. The van der Waals surface area contributed by atoms with E-state index in [2.05, 4.69) is 0 Å². The summed E-state index contributed by atoms with van der Waals surface area (Å²) in [6, 6.07) is 42.2. The predicted octanol–water partition coefficient (Wildman–Crippen LogP) is 7.83. The molecule has 0 aliphatic carbocycles. The largest absolute Gasteiger partial charge is 0.497 e. The van der Waals surface area contributed by atoms with Crippen molar-refractivity contribution in [2.24, 2.45) is 0 Å². The van der Waals surface area contributed by atoms with Crippen LogP contribution in [0.1, 0.15) is 21.5 Å². The lowest BCUT2D eigenvalue weighted by atomic mass is 10.1. The molecule has 194 valence electrons. The maximum atomic E-state index is 13.8. The Morgan fingerprint density at radius 2 is 0.949 bits per heavy atom. The maximum absolute atomic E-state index is 13.8. The summed E-state index contributed by atoms with van der Waals surface area (Å²) in [4.78, 5) is 15.5. The molecule has 5 aromatic rings. The molecule has 5 heteroatoms. The van der Waals surface area contributed by atoms with Gasteiger partial charge in [0.2, 0.25) is 0 Å². The van der Waals surface area contributed by atoms with Crippen LogP contribution in [-0.2, 0) is 13.2 Å². The molecule has 0 aromatic heterocycles. The van der Waals surface area contributed by atoms with Crippen LogP contribution < -0.4 is 19.1 Å². The highest BCUT2D eigenvalue weighted by Gasteiger charge is 2.20. The van der Waals surface area contributed by atoms with Crippen molar-refractivity contribution in [3.63, 3.8) is 0 Å². The number of anilines is 2. The molecule has 39 heavy (non-hydrogen) atoms. The fourth-order valence-corrected chi connectivity index (χ4v) is 4.11. The molecule has 5 rings (SSSR count). The van der Waals surface area contributed by atoms with Gasteiger partial charge in [-0.15, -0.1) is 0 Å². The first kappa shape index (κ1) is 25.6. The van der Waals surface area contributed by atoms with E-state index in [1.54, 1.807) is 24.1 Å². The van der Waals surface area contributed by atoms with Gasteiger partial charge in [0.25, 0.3) is 5.91 Å². The second-order valence-corrected chi connectivity index (χ2v) is 8.91. The Morgan fingerprint density at radius 3 is 1.38 bits per heavy atom. The number of rotatable bonds is 10. The van der Waals surface area contributed by atoms with Crippen molar-refractivity contribution >= 4 is 17.3 Å². The molecule has 0 N–H and O–H groups in total. The molecule has 0 saturated carbocycles. The van der Waals surface area contributed by atoms with E-state index in [9.17, 15) is 4.79 Å². The molecule has 5 nitrogen and oxygen atoms in total. The number of carbonyl (C=O) groups excluding carboxylic acids is 1. The van der Waals surface area contributed by atoms with Crippen molar-refractivity contribution in [2.75, 3.05) is 12.0 Å². The third-order valence-electron chi connectivity index (χ3n) is 6.23. The van der Waals surface area contributed by atoms with Gasteiger partial charge in [0.15, 0.2) is 0 Å². The lowest BCUT2D eigenvalue weighted by molar-refractivity contribution is 0.0999. The summed E-state index contributed by atoms with van der Waals surface area (Å²) in [5, 5.41) is 0. The second kappa shape index (κ2) is 12.5. The summed E-state index contributed by atoms with van der Waals surface area (Å²) in [7, 11) is 1.62. The summed E-state index contributed by atoms with van der Waals surface area (Å²) in [6.07, 6.45) is 0. The first-order valence-corrected chi connectivity index (χ1v) is 12.7. The van der Waals surface area contributed by atoms with Crippen molar-refractivity contribution < 1.29 is 19.0 Å². The molecule has 1 amide bonds. The number of hydrogen-bond donors (Lipinski definition) is 0. The number of benzene rings is 5. The van der Waals surface area contributed by atoms with E-state index in [1.165, 1.54) is 0 Å². The smallest absolute Gasteiger partial charge is 0.262 e. The van der Waals surface area contributed by atoms with Gasteiger partial charge in [0.1, 0.15) is 30.5 Å². The molecule has 5 aromatic carbocycles. The molecule has 0 saturated heterocycles. The minimum absolute atomic E-state index is 0.160. The SMILES string of the molecule is COc1ccc(N(C(=O)c2ccc(OCc3ccccc3)cc2)c2ccc(OCc3ccccc3)cc2)cc1. The van der Waals surface area contributed by atoms with E-state index in [1.807, 2.05) is 121 Å². The molecule has 0 fully saturated rings. The van der Waals surface area contributed by atoms with Crippen LogP contribution in [0.25, 0.3) is 0 Å². The zero-order valence-corrected chi connectivity index (χ0v) is 21.7. The third kappa shape index (κ3) is 6.65. The monoisotopic (exact) mass is 515 g/mol. The van der Waals surface area contributed by atoms with Gasteiger partial charge in [-0.1, -0.05) is 60.7 Å². The van der Waals surface area contributed by atoms with Gasteiger partial charge in [0.05, 0.1) is 7.11 Å². The minimum Gasteiger partial charge on any atom is -0.497 e. The van der Waals surface area contributed by atoms with Gasteiger partial charge >= 0.3 is 0 Å². The molecule has 0 aliphatic rings. The Balaban J connectivity index is 1.35. The lowest BCUT2D eigenvalue weighted by Crippen LogP contribution is -2.25. The summed E-state index contributed by atoms with van der Waals surface area (Å²) >= 11 is 0. The first-order chi connectivity index (χ1) is 19.2. The van der Waals surface area contributed by atoms with Gasteiger partial charge in [-0.25, -0.2) is 0 Å². The Kier molecular flexibility index (Phi) is 8.19. The third-order valence-corrected chi connectivity index (χ3v) is 6.23. The summed E-state index contributed by atoms with van der Waals surface area (Å²) in [5.41, 5.74) is 4.17. The molecule has 0 spiro atoms. The number of nitrogens with zero attached hydrogens (tertiary/aromatic N) is 1. The van der Waals surface area contributed by atoms with E-state index in [0.29, 0.717) is 24.5 Å². The van der Waals surface area contributed by atoms with E-state index in [-0.39, 0.29) is 5.91 Å². The van der Waals surface area contributed by atoms with Crippen LogP contribution in [0.15, 0.2) is 133 Å². The molecule has 0 radical (unpaired) electrons. The topological polar surface area (TPSA) is 48.0 Å². The Labute approximate surface area is 228 Å². The van der Waals surface area contributed by atoms with Crippen LogP contribution in [0, 0.1) is 0 Å². The van der Waals surface area contributed by atoms with Crippen molar-refractivity contribution in [1.29, 1.82) is 0 Å². The average molecular weight is 516 g/mol. The molecule has 0 bridgehead atoms. The van der Waals surface area contributed by atoms with Crippen LogP contribution in [0.4, 0.5) is 11.4 Å². The number of carbonyl (C=O) groups is 1. The highest BCUT2D eigenvalue weighted by Crippen LogP contribution is 2.31. The number of amides is 1. The lowest BCUT2D eigenvalue weighted by Gasteiger charge is -2.24. The number of ether oxygens (including phenoxy) is 3. The molecule has 0 heterocycles. The fourth-order valence-electron chi connectivity index (χ4n) is 4.11. The quantitative estimate of drug-likeness (QED) is 0.190. The van der Waals surface area contributed by atoms with Gasteiger partial charge < -0.3 is 14.2 Å². The average Bonchev–Trinajstić information content (AvgIpc) is 3.01. The molecular weight excluding hydrogens is 486 g/mol. The molecule has 0 aliphatic heterocycles. The Bertz CT molecular complexity index is 1470. The van der Waals surface area contributed by atoms with Gasteiger partial charge in [-0.2, -0.15) is 0 Å². The maximum Gasteiger partial charge on any atom is 0.262 e. The van der Waals surface area contributed by atoms with Gasteiger partial charge in [-0.05, 0) is 83.9 Å². The Morgan fingerprint density at radius 1 is 0.538 bits per heavy atom. The van der Waals surface area contributed by atoms with E-state index in [4.69, 9.17) is 14.2 Å². The van der Waals surface area contributed by atoms with Crippen LogP contribution >= 0.6 is 0 Å². The van der Waals surface area contributed by atoms with Crippen LogP contribution in [-0.4, -0.2) is 13.0 Å². The standard InChI is InChI=1S/C34H29NO4/c1-37-31-20-14-29(15-21-31)35(30-16-22-33(23-17-30)39-25-27-10-6-3-7-11-27)34(36)28-12-18-32(19-13-28)38-24-26-8-4-2-5-9-26/h2-23H,24-25H2,1H3. The molecular formula is C34H29NO4. The highest BCUT2D eigenvalue weighted by molar-refractivity contribution is 6.11. The van der Waals surface area contributed by atoms with Crippen LogP contribution in [0.3, 0.4) is 0 Å². The molecule has 0 unspecified atom stereocenters. The highest BCUT2D eigenvalue weighted by atomic mass is 16.5. The molecule has 0 atom stereocenters. The van der Waals surface area contributed by atoms with Gasteiger partial charge in [-0.3, -0.25) is 9.69 Å². The predicted molar refractivity (Wildman–Crippen MR) is 154 cm³/mol.